The van der Waals surface area contributed by atoms with Crippen LogP contribution in [0.4, 0.5) is 5.69 Å². The van der Waals surface area contributed by atoms with Crippen LogP contribution in [0.25, 0.3) is 10.8 Å². The molecule has 1 aliphatic rings. The fourth-order valence-corrected chi connectivity index (χ4v) is 2.92. The maximum atomic E-state index is 4.18. The Balaban J connectivity index is 1.74. The van der Waals surface area contributed by atoms with Crippen molar-refractivity contribution in [1.82, 2.24) is 4.98 Å². The zero-order valence-electron chi connectivity index (χ0n) is 10.7. The van der Waals surface area contributed by atoms with Gasteiger partial charge in [0, 0.05) is 35.4 Å². The van der Waals surface area contributed by atoms with Crippen molar-refractivity contribution in [2.24, 2.45) is 5.92 Å². The number of fused-ring (bicyclic) bond motifs is 1. The molecule has 0 atom stereocenters. The second kappa shape index (κ2) is 5.38. The van der Waals surface area contributed by atoms with Gasteiger partial charge in [-0.15, -0.1) is 0 Å². The predicted octanol–water partition coefficient (Wildman–Crippen LogP) is 4.23. The smallest absolute Gasteiger partial charge is 0.0421 e. The molecule has 2 heteroatoms. The number of nitrogens with one attached hydrogen (secondary N) is 1. The number of aromatic nitrogens is 1. The van der Waals surface area contributed by atoms with E-state index in [9.17, 15) is 0 Å². The number of pyridine rings is 1. The maximum absolute atomic E-state index is 4.18. The van der Waals surface area contributed by atoms with Gasteiger partial charge in [-0.2, -0.15) is 0 Å². The summed E-state index contributed by atoms with van der Waals surface area (Å²) < 4.78 is 0. The van der Waals surface area contributed by atoms with Crippen LogP contribution < -0.4 is 5.32 Å². The zero-order chi connectivity index (χ0) is 12.2. The molecule has 18 heavy (non-hydrogen) atoms. The predicted molar refractivity (Wildman–Crippen MR) is 76.8 cm³/mol. The number of anilines is 1. The van der Waals surface area contributed by atoms with Crippen molar-refractivity contribution in [3.05, 3.63) is 36.7 Å². The first-order chi connectivity index (χ1) is 8.93. The van der Waals surface area contributed by atoms with Crippen molar-refractivity contribution < 1.29 is 0 Å². The zero-order valence-corrected chi connectivity index (χ0v) is 10.7. The number of rotatable bonds is 3. The number of hydrogen-bond acceptors (Lipinski definition) is 2. The molecule has 1 saturated carbocycles. The summed E-state index contributed by atoms with van der Waals surface area (Å²) >= 11 is 0. The molecule has 1 aromatic heterocycles. The van der Waals surface area contributed by atoms with Gasteiger partial charge in [-0.25, -0.2) is 0 Å². The van der Waals surface area contributed by atoms with E-state index in [1.807, 2.05) is 12.4 Å². The van der Waals surface area contributed by atoms with Gasteiger partial charge >= 0.3 is 0 Å². The lowest BCUT2D eigenvalue weighted by atomic mass is 9.89. The summed E-state index contributed by atoms with van der Waals surface area (Å²) in [4.78, 5) is 4.18. The van der Waals surface area contributed by atoms with Crippen molar-refractivity contribution in [1.29, 1.82) is 0 Å². The van der Waals surface area contributed by atoms with Crippen LogP contribution in [0.3, 0.4) is 0 Å². The van der Waals surface area contributed by atoms with Gasteiger partial charge in [-0.3, -0.25) is 4.98 Å². The molecule has 0 unspecified atom stereocenters. The van der Waals surface area contributed by atoms with Crippen LogP contribution in [-0.4, -0.2) is 11.5 Å². The summed E-state index contributed by atoms with van der Waals surface area (Å²) in [6.07, 6.45) is 10.8. The Hall–Kier alpha value is -1.57. The highest BCUT2D eigenvalue weighted by molar-refractivity contribution is 5.93. The van der Waals surface area contributed by atoms with Crippen LogP contribution in [0.5, 0.6) is 0 Å². The van der Waals surface area contributed by atoms with Crippen LogP contribution in [-0.2, 0) is 0 Å². The summed E-state index contributed by atoms with van der Waals surface area (Å²) in [6.45, 7) is 1.11. The van der Waals surface area contributed by atoms with Crippen molar-refractivity contribution in [2.75, 3.05) is 11.9 Å². The Morgan fingerprint density at radius 1 is 1.11 bits per heavy atom. The highest BCUT2D eigenvalue weighted by Crippen LogP contribution is 2.26. The molecule has 0 spiro atoms. The Labute approximate surface area is 108 Å². The van der Waals surface area contributed by atoms with Crippen molar-refractivity contribution >= 4 is 16.5 Å². The van der Waals surface area contributed by atoms with E-state index in [1.165, 1.54) is 48.6 Å². The summed E-state index contributed by atoms with van der Waals surface area (Å²) in [5.74, 6) is 0.857. The van der Waals surface area contributed by atoms with Gasteiger partial charge in [0.05, 0.1) is 0 Å². The highest BCUT2D eigenvalue weighted by atomic mass is 14.9. The third-order valence-electron chi connectivity index (χ3n) is 3.99. The Bertz CT molecular complexity index is 510. The van der Waals surface area contributed by atoms with E-state index in [-0.39, 0.29) is 0 Å². The Morgan fingerprint density at radius 2 is 2.00 bits per heavy atom. The van der Waals surface area contributed by atoms with E-state index in [4.69, 9.17) is 0 Å². The minimum Gasteiger partial charge on any atom is -0.384 e. The third kappa shape index (κ3) is 2.47. The van der Waals surface area contributed by atoms with Crippen LogP contribution in [0.1, 0.15) is 32.1 Å². The van der Waals surface area contributed by atoms with Gasteiger partial charge in [0.1, 0.15) is 0 Å². The fourth-order valence-electron chi connectivity index (χ4n) is 2.92. The lowest BCUT2D eigenvalue weighted by Gasteiger charge is -2.22. The quantitative estimate of drug-likeness (QED) is 0.868. The first kappa shape index (κ1) is 11.5. The Morgan fingerprint density at radius 3 is 2.89 bits per heavy atom. The van der Waals surface area contributed by atoms with E-state index in [0.717, 1.165) is 12.5 Å². The van der Waals surface area contributed by atoms with Gasteiger partial charge in [0.2, 0.25) is 0 Å². The highest BCUT2D eigenvalue weighted by Gasteiger charge is 2.13. The molecular formula is C16H20N2. The van der Waals surface area contributed by atoms with Crippen molar-refractivity contribution in [3.8, 4) is 0 Å². The fraction of sp³-hybridized carbons (Fsp3) is 0.438. The van der Waals surface area contributed by atoms with Gasteiger partial charge in [-0.1, -0.05) is 31.4 Å². The van der Waals surface area contributed by atoms with Gasteiger partial charge < -0.3 is 5.32 Å². The van der Waals surface area contributed by atoms with Crippen molar-refractivity contribution in [3.63, 3.8) is 0 Å². The molecule has 0 saturated heterocycles. The van der Waals surface area contributed by atoms with Crippen LogP contribution >= 0.6 is 0 Å². The number of nitrogens with zero attached hydrogens (tertiary/aromatic N) is 1. The lowest BCUT2D eigenvalue weighted by Crippen LogP contribution is -2.17. The molecule has 0 amide bonds. The average Bonchev–Trinajstić information content (AvgIpc) is 2.46. The molecule has 3 rings (SSSR count). The first-order valence-electron chi connectivity index (χ1n) is 7.00. The molecule has 0 aliphatic heterocycles. The second-order valence-electron chi connectivity index (χ2n) is 5.29. The summed E-state index contributed by atoms with van der Waals surface area (Å²) in [5.41, 5.74) is 1.25. The standard InChI is InChI=1S/C16H20N2/c1-2-5-13(6-3-1)11-18-16-8-4-7-14-12-17-10-9-15(14)16/h4,7-10,12-13,18H,1-3,5-6,11H2. The van der Waals surface area contributed by atoms with Gasteiger partial charge in [0.25, 0.3) is 0 Å². The van der Waals surface area contributed by atoms with Gasteiger partial charge in [-0.05, 0) is 30.9 Å². The molecule has 1 heterocycles. The molecule has 1 N–H and O–H groups in total. The second-order valence-corrected chi connectivity index (χ2v) is 5.29. The Kier molecular flexibility index (Phi) is 3.44. The normalized spacial score (nSPS) is 16.9. The van der Waals surface area contributed by atoms with E-state index in [2.05, 4.69) is 34.6 Å². The molecular weight excluding hydrogens is 220 g/mol. The van der Waals surface area contributed by atoms with Crippen LogP contribution in [0, 0.1) is 5.92 Å². The lowest BCUT2D eigenvalue weighted by molar-refractivity contribution is 0.373. The summed E-state index contributed by atoms with van der Waals surface area (Å²) in [7, 11) is 0. The van der Waals surface area contributed by atoms with E-state index >= 15 is 0 Å². The number of benzene rings is 1. The minimum atomic E-state index is 0.857. The molecule has 2 aromatic rings. The molecule has 1 aliphatic carbocycles. The van der Waals surface area contributed by atoms with Crippen molar-refractivity contribution in [2.45, 2.75) is 32.1 Å². The SMILES string of the molecule is c1cc(NCC2CCCCC2)c2ccncc2c1. The monoisotopic (exact) mass is 240 g/mol. The molecule has 1 aromatic carbocycles. The minimum absolute atomic E-state index is 0.857. The molecule has 1 fully saturated rings. The van der Waals surface area contributed by atoms with E-state index in [1.54, 1.807) is 0 Å². The van der Waals surface area contributed by atoms with Crippen LogP contribution in [0.2, 0.25) is 0 Å². The van der Waals surface area contributed by atoms with E-state index in [0.29, 0.717) is 0 Å². The molecule has 94 valence electrons. The molecule has 2 nitrogen and oxygen atoms in total. The molecule has 0 bridgehead atoms. The maximum Gasteiger partial charge on any atom is 0.0421 e. The largest absolute Gasteiger partial charge is 0.384 e. The summed E-state index contributed by atoms with van der Waals surface area (Å²) in [6, 6.07) is 8.49. The number of hydrogen-bond donors (Lipinski definition) is 1. The van der Waals surface area contributed by atoms with Gasteiger partial charge in [0.15, 0.2) is 0 Å². The molecule has 0 radical (unpaired) electrons. The topological polar surface area (TPSA) is 24.9 Å². The average molecular weight is 240 g/mol. The third-order valence-corrected chi connectivity index (χ3v) is 3.99. The first-order valence-corrected chi connectivity index (χ1v) is 7.00. The summed E-state index contributed by atoms with van der Waals surface area (Å²) in [5, 5.41) is 6.12. The van der Waals surface area contributed by atoms with E-state index < -0.39 is 0 Å². The van der Waals surface area contributed by atoms with Crippen LogP contribution in [0.15, 0.2) is 36.7 Å².